The van der Waals surface area contributed by atoms with Gasteiger partial charge in [0.05, 0.1) is 5.75 Å². The summed E-state index contributed by atoms with van der Waals surface area (Å²) in [6.45, 7) is 0.158. The normalized spacial score (nSPS) is 19.0. The van der Waals surface area contributed by atoms with E-state index in [1.807, 2.05) is 0 Å². The molecule has 1 aliphatic rings. The van der Waals surface area contributed by atoms with Crippen molar-refractivity contribution in [2.45, 2.75) is 18.9 Å². The lowest BCUT2D eigenvalue weighted by atomic mass is 10.2. The quantitative estimate of drug-likeness (QED) is 0.782. The summed E-state index contributed by atoms with van der Waals surface area (Å²) in [5, 5.41) is 11.6. The second kappa shape index (κ2) is 6.89. The lowest BCUT2D eigenvalue weighted by molar-refractivity contribution is -0.140. The predicted octanol–water partition coefficient (Wildman–Crippen LogP) is 0.295. The average molecular weight is 326 g/mol. The number of nitrogens with zero attached hydrogens (tertiary/aromatic N) is 1. The van der Waals surface area contributed by atoms with Crippen molar-refractivity contribution >= 4 is 21.9 Å². The topological polar surface area (TPSA) is 104 Å². The second-order valence-electron chi connectivity index (χ2n) is 5.04. The molecule has 2 rings (SSSR count). The number of hydrogen-bond donors (Lipinski definition) is 2. The summed E-state index contributed by atoms with van der Waals surface area (Å²) in [4.78, 5) is 22.9. The van der Waals surface area contributed by atoms with Crippen molar-refractivity contribution in [1.82, 2.24) is 9.62 Å². The number of nitrogens with one attached hydrogen (secondary N) is 1. The first-order valence-electron chi connectivity index (χ1n) is 6.97. The van der Waals surface area contributed by atoms with Crippen molar-refractivity contribution in [1.29, 1.82) is 0 Å². The smallest absolute Gasteiger partial charge is 0.322 e. The van der Waals surface area contributed by atoms with Crippen LogP contribution in [0.15, 0.2) is 30.3 Å². The predicted molar refractivity (Wildman–Crippen MR) is 79.9 cm³/mol. The number of amides is 1. The highest BCUT2D eigenvalue weighted by molar-refractivity contribution is 7.89. The molecule has 0 unspecified atom stereocenters. The van der Waals surface area contributed by atoms with E-state index >= 15 is 0 Å². The zero-order valence-electron chi connectivity index (χ0n) is 11.9. The van der Waals surface area contributed by atoms with Crippen molar-refractivity contribution in [2.24, 2.45) is 0 Å². The molecule has 0 radical (unpaired) electrons. The van der Waals surface area contributed by atoms with Crippen molar-refractivity contribution < 1.29 is 23.1 Å². The Morgan fingerprint density at radius 1 is 1.27 bits per heavy atom. The van der Waals surface area contributed by atoms with Gasteiger partial charge in [-0.3, -0.25) is 9.59 Å². The van der Waals surface area contributed by atoms with E-state index in [9.17, 15) is 18.0 Å². The third-order valence-corrected chi connectivity index (χ3v) is 5.40. The molecule has 22 heavy (non-hydrogen) atoms. The zero-order valence-corrected chi connectivity index (χ0v) is 12.8. The summed E-state index contributed by atoms with van der Waals surface area (Å²) in [6, 6.07) is 7.48. The van der Waals surface area contributed by atoms with Gasteiger partial charge in [-0.25, -0.2) is 8.42 Å². The van der Waals surface area contributed by atoms with E-state index in [1.165, 1.54) is 0 Å². The maximum Gasteiger partial charge on any atom is 0.322 e. The van der Waals surface area contributed by atoms with E-state index in [2.05, 4.69) is 5.32 Å². The maximum absolute atomic E-state index is 12.2. The first kappa shape index (κ1) is 16.4. The van der Waals surface area contributed by atoms with Gasteiger partial charge in [-0.15, -0.1) is 0 Å². The SMILES string of the molecule is O=C(NCCS(=O)(=O)N1CCC[C@H]1C(=O)O)c1ccccc1. The van der Waals surface area contributed by atoms with E-state index in [-0.39, 0.29) is 24.7 Å². The molecule has 120 valence electrons. The van der Waals surface area contributed by atoms with Gasteiger partial charge in [0.25, 0.3) is 5.91 Å². The Bertz CT molecular complexity index is 644. The van der Waals surface area contributed by atoms with Crippen LogP contribution in [0.25, 0.3) is 0 Å². The van der Waals surface area contributed by atoms with Gasteiger partial charge in [0.15, 0.2) is 0 Å². The fourth-order valence-corrected chi connectivity index (χ4v) is 4.01. The molecule has 0 spiro atoms. The van der Waals surface area contributed by atoms with Gasteiger partial charge in [-0.05, 0) is 25.0 Å². The van der Waals surface area contributed by atoms with E-state index in [4.69, 9.17) is 5.11 Å². The van der Waals surface area contributed by atoms with Gasteiger partial charge >= 0.3 is 5.97 Å². The summed E-state index contributed by atoms with van der Waals surface area (Å²) in [6.07, 6.45) is 0.859. The molecule has 1 aromatic carbocycles. The van der Waals surface area contributed by atoms with Crippen LogP contribution in [0.2, 0.25) is 0 Å². The number of rotatable bonds is 6. The molecule has 1 heterocycles. The summed E-state index contributed by atoms with van der Waals surface area (Å²) < 4.78 is 25.4. The molecular formula is C14H18N2O5S. The number of sulfonamides is 1. The third-order valence-electron chi connectivity index (χ3n) is 3.53. The Morgan fingerprint density at radius 3 is 2.59 bits per heavy atom. The first-order valence-corrected chi connectivity index (χ1v) is 8.58. The van der Waals surface area contributed by atoms with Crippen LogP contribution < -0.4 is 5.32 Å². The molecule has 0 aliphatic carbocycles. The molecular weight excluding hydrogens is 308 g/mol. The van der Waals surface area contributed by atoms with E-state index in [0.717, 1.165) is 4.31 Å². The molecule has 1 atom stereocenters. The van der Waals surface area contributed by atoms with Crippen molar-refractivity contribution in [3.8, 4) is 0 Å². The van der Waals surface area contributed by atoms with Crippen LogP contribution in [0.3, 0.4) is 0 Å². The largest absolute Gasteiger partial charge is 0.480 e. The van der Waals surface area contributed by atoms with Crippen LogP contribution in [0.1, 0.15) is 23.2 Å². The third kappa shape index (κ3) is 3.83. The number of hydrogen-bond acceptors (Lipinski definition) is 4. The fourth-order valence-electron chi connectivity index (χ4n) is 2.42. The summed E-state index contributed by atoms with van der Waals surface area (Å²) in [5.41, 5.74) is 0.449. The van der Waals surface area contributed by atoms with Crippen LogP contribution in [-0.2, 0) is 14.8 Å². The molecule has 1 amide bonds. The van der Waals surface area contributed by atoms with Crippen molar-refractivity contribution in [3.63, 3.8) is 0 Å². The van der Waals surface area contributed by atoms with Crippen molar-refractivity contribution in [2.75, 3.05) is 18.8 Å². The molecule has 8 heteroatoms. The van der Waals surface area contributed by atoms with Gasteiger partial charge in [-0.1, -0.05) is 18.2 Å². The number of carbonyl (C=O) groups excluding carboxylic acids is 1. The van der Waals surface area contributed by atoms with Crippen LogP contribution >= 0.6 is 0 Å². The zero-order chi connectivity index (χ0) is 16.2. The summed E-state index contributed by atoms with van der Waals surface area (Å²) in [7, 11) is -3.69. The van der Waals surface area contributed by atoms with Gasteiger partial charge in [0, 0.05) is 18.7 Å². The Morgan fingerprint density at radius 2 is 1.95 bits per heavy atom. The Labute approximate surface area is 129 Å². The number of carboxylic acid groups (broad SMARTS) is 1. The van der Waals surface area contributed by atoms with Crippen molar-refractivity contribution in [3.05, 3.63) is 35.9 Å². The molecule has 1 saturated heterocycles. The Hall–Kier alpha value is -1.93. The van der Waals surface area contributed by atoms with E-state index in [1.54, 1.807) is 30.3 Å². The molecule has 0 aromatic heterocycles. The molecule has 1 aliphatic heterocycles. The van der Waals surface area contributed by atoms with Gasteiger partial charge in [0.2, 0.25) is 10.0 Å². The fraction of sp³-hybridized carbons (Fsp3) is 0.429. The highest BCUT2D eigenvalue weighted by Gasteiger charge is 2.38. The Kier molecular flexibility index (Phi) is 5.15. The minimum atomic E-state index is -3.69. The molecule has 1 fully saturated rings. The van der Waals surface area contributed by atoms with Gasteiger partial charge < -0.3 is 10.4 Å². The minimum Gasteiger partial charge on any atom is -0.480 e. The maximum atomic E-state index is 12.2. The van der Waals surface area contributed by atoms with Gasteiger partial charge in [0.1, 0.15) is 6.04 Å². The minimum absolute atomic E-state index is 0.0566. The van der Waals surface area contributed by atoms with E-state index in [0.29, 0.717) is 18.4 Å². The molecule has 7 nitrogen and oxygen atoms in total. The highest BCUT2D eigenvalue weighted by atomic mass is 32.2. The summed E-state index contributed by atoms with van der Waals surface area (Å²) in [5.74, 6) is -1.79. The molecule has 0 saturated carbocycles. The molecule has 2 N–H and O–H groups in total. The monoisotopic (exact) mass is 326 g/mol. The van der Waals surface area contributed by atoms with Crippen LogP contribution in [0.5, 0.6) is 0 Å². The number of carbonyl (C=O) groups is 2. The number of carboxylic acids is 1. The first-order chi connectivity index (χ1) is 10.4. The highest BCUT2D eigenvalue weighted by Crippen LogP contribution is 2.21. The standard InChI is InChI=1S/C14H18N2O5S/c17-13(11-5-2-1-3-6-11)15-8-10-22(20,21)16-9-4-7-12(16)14(18)19/h1-3,5-6,12H,4,7-10H2,(H,15,17)(H,18,19)/t12-/m0/s1. The van der Waals surface area contributed by atoms with Gasteiger partial charge in [-0.2, -0.15) is 4.31 Å². The lowest BCUT2D eigenvalue weighted by Gasteiger charge is -2.20. The summed E-state index contributed by atoms with van der Waals surface area (Å²) >= 11 is 0. The number of benzene rings is 1. The molecule has 0 bridgehead atoms. The lowest BCUT2D eigenvalue weighted by Crippen LogP contribution is -2.43. The Balaban J connectivity index is 1.90. The second-order valence-corrected chi connectivity index (χ2v) is 7.09. The van der Waals surface area contributed by atoms with Crippen LogP contribution in [0.4, 0.5) is 0 Å². The average Bonchev–Trinajstić information content (AvgIpc) is 2.98. The van der Waals surface area contributed by atoms with Crippen LogP contribution in [-0.4, -0.2) is 54.6 Å². The van der Waals surface area contributed by atoms with E-state index < -0.39 is 22.0 Å². The number of aliphatic carboxylic acids is 1. The van der Waals surface area contributed by atoms with Crippen LogP contribution in [0, 0.1) is 0 Å². The molecule has 1 aromatic rings.